The van der Waals surface area contributed by atoms with Gasteiger partial charge < -0.3 is 9.67 Å². The number of carboxylic acid groups (broad SMARTS) is 1. The first-order valence-corrected chi connectivity index (χ1v) is 7.06. The number of nitrogens with zero attached hydrogens (tertiary/aromatic N) is 2. The molecule has 1 heterocycles. The van der Waals surface area contributed by atoms with Gasteiger partial charge in [0.25, 0.3) is 0 Å². The molecule has 1 aromatic carbocycles. The van der Waals surface area contributed by atoms with Gasteiger partial charge in [-0.3, -0.25) is 9.69 Å². The Morgan fingerprint density at radius 2 is 2.10 bits per heavy atom. The van der Waals surface area contributed by atoms with E-state index >= 15 is 0 Å². The average Bonchev–Trinajstić information content (AvgIpc) is 3.23. The maximum absolute atomic E-state index is 11.0. The SMILES string of the molecule is Cc1c(CN(CC(=O)O)C2CC2)n(C)c2ccccc12. The lowest BCUT2D eigenvalue weighted by Crippen LogP contribution is -2.32. The third-order valence-electron chi connectivity index (χ3n) is 4.26. The molecule has 1 saturated carbocycles. The van der Waals surface area contributed by atoms with Gasteiger partial charge in [0.1, 0.15) is 0 Å². The van der Waals surface area contributed by atoms with Crippen LogP contribution in [0, 0.1) is 6.92 Å². The lowest BCUT2D eigenvalue weighted by molar-refractivity contribution is -0.138. The molecule has 1 aliphatic carbocycles. The number of carboxylic acids is 1. The molecule has 1 N–H and O–H groups in total. The largest absolute Gasteiger partial charge is 0.480 e. The fraction of sp³-hybridized carbons (Fsp3) is 0.438. The molecule has 0 radical (unpaired) electrons. The molecule has 0 unspecified atom stereocenters. The van der Waals surface area contributed by atoms with Crippen LogP contribution < -0.4 is 0 Å². The van der Waals surface area contributed by atoms with Gasteiger partial charge in [0.05, 0.1) is 6.54 Å². The van der Waals surface area contributed by atoms with Crippen LogP contribution in [0.5, 0.6) is 0 Å². The number of aliphatic carboxylic acids is 1. The zero-order valence-electron chi connectivity index (χ0n) is 12.0. The van der Waals surface area contributed by atoms with Gasteiger partial charge in [-0.2, -0.15) is 0 Å². The minimum absolute atomic E-state index is 0.131. The lowest BCUT2D eigenvalue weighted by Gasteiger charge is -2.20. The number of fused-ring (bicyclic) bond motifs is 1. The highest BCUT2D eigenvalue weighted by Crippen LogP contribution is 2.31. The molecular formula is C16H20N2O2. The Hall–Kier alpha value is -1.81. The van der Waals surface area contributed by atoms with E-state index in [0.717, 1.165) is 12.8 Å². The van der Waals surface area contributed by atoms with E-state index in [2.05, 4.69) is 41.6 Å². The van der Waals surface area contributed by atoms with Crippen molar-refractivity contribution >= 4 is 16.9 Å². The van der Waals surface area contributed by atoms with E-state index < -0.39 is 5.97 Å². The zero-order chi connectivity index (χ0) is 14.3. The predicted molar refractivity (Wildman–Crippen MR) is 78.7 cm³/mol. The fourth-order valence-electron chi connectivity index (χ4n) is 2.98. The van der Waals surface area contributed by atoms with E-state index in [1.54, 1.807) is 0 Å². The maximum Gasteiger partial charge on any atom is 0.317 e. The molecule has 20 heavy (non-hydrogen) atoms. The molecule has 0 saturated heterocycles. The second-order valence-corrected chi connectivity index (χ2v) is 5.68. The highest BCUT2D eigenvalue weighted by Gasteiger charge is 2.31. The Balaban J connectivity index is 1.95. The van der Waals surface area contributed by atoms with Crippen LogP contribution in [0.4, 0.5) is 0 Å². The molecule has 2 aromatic rings. The number of carbonyl (C=O) groups is 1. The highest BCUT2D eigenvalue weighted by atomic mass is 16.4. The molecule has 3 rings (SSSR count). The minimum atomic E-state index is -0.742. The summed E-state index contributed by atoms with van der Waals surface area (Å²) in [6.07, 6.45) is 2.24. The van der Waals surface area contributed by atoms with Crippen molar-refractivity contribution in [3.05, 3.63) is 35.5 Å². The second-order valence-electron chi connectivity index (χ2n) is 5.68. The van der Waals surface area contributed by atoms with Crippen LogP contribution in [-0.2, 0) is 18.4 Å². The van der Waals surface area contributed by atoms with Gasteiger partial charge in [-0.25, -0.2) is 0 Å². The number of hydrogen-bond acceptors (Lipinski definition) is 2. The monoisotopic (exact) mass is 272 g/mol. The van der Waals surface area contributed by atoms with Crippen LogP contribution in [0.25, 0.3) is 10.9 Å². The zero-order valence-corrected chi connectivity index (χ0v) is 12.0. The molecule has 1 aliphatic rings. The van der Waals surface area contributed by atoms with Gasteiger partial charge in [0, 0.05) is 36.2 Å². The van der Waals surface area contributed by atoms with E-state index in [4.69, 9.17) is 5.11 Å². The van der Waals surface area contributed by atoms with Gasteiger partial charge in [-0.05, 0) is 31.4 Å². The normalized spacial score (nSPS) is 15.2. The molecule has 0 bridgehead atoms. The van der Waals surface area contributed by atoms with Gasteiger partial charge >= 0.3 is 5.97 Å². The number of rotatable bonds is 5. The number of aromatic nitrogens is 1. The van der Waals surface area contributed by atoms with Crippen molar-refractivity contribution in [2.24, 2.45) is 7.05 Å². The Morgan fingerprint density at radius 1 is 1.40 bits per heavy atom. The van der Waals surface area contributed by atoms with E-state index in [1.165, 1.54) is 22.2 Å². The molecule has 0 atom stereocenters. The molecular weight excluding hydrogens is 252 g/mol. The van der Waals surface area contributed by atoms with E-state index in [0.29, 0.717) is 12.6 Å². The highest BCUT2D eigenvalue weighted by molar-refractivity contribution is 5.85. The molecule has 4 nitrogen and oxygen atoms in total. The van der Waals surface area contributed by atoms with Crippen LogP contribution in [0.2, 0.25) is 0 Å². The van der Waals surface area contributed by atoms with Crippen LogP contribution in [0.1, 0.15) is 24.1 Å². The lowest BCUT2D eigenvalue weighted by atomic mass is 10.1. The Kier molecular flexibility index (Phi) is 3.26. The van der Waals surface area contributed by atoms with Gasteiger partial charge in [0.15, 0.2) is 0 Å². The molecule has 4 heteroatoms. The fourth-order valence-corrected chi connectivity index (χ4v) is 2.98. The Morgan fingerprint density at radius 3 is 2.70 bits per heavy atom. The van der Waals surface area contributed by atoms with Crippen molar-refractivity contribution in [1.82, 2.24) is 9.47 Å². The quantitative estimate of drug-likeness (QED) is 0.909. The topological polar surface area (TPSA) is 45.5 Å². The third kappa shape index (κ3) is 2.31. The third-order valence-corrected chi connectivity index (χ3v) is 4.26. The summed E-state index contributed by atoms with van der Waals surface area (Å²) < 4.78 is 2.20. The molecule has 1 fully saturated rings. The van der Waals surface area contributed by atoms with Crippen molar-refractivity contribution in [3.8, 4) is 0 Å². The van der Waals surface area contributed by atoms with Crippen molar-refractivity contribution in [1.29, 1.82) is 0 Å². The Labute approximate surface area is 118 Å². The van der Waals surface area contributed by atoms with Gasteiger partial charge in [0.2, 0.25) is 0 Å². The standard InChI is InChI=1S/C16H20N2O2/c1-11-13-5-3-4-6-14(13)17(2)15(11)9-18(10-16(19)20)12-7-8-12/h3-6,12H,7-10H2,1-2H3,(H,19,20). The second kappa shape index (κ2) is 4.94. The number of para-hydroxylation sites is 1. The summed E-state index contributed by atoms with van der Waals surface area (Å²) in [6, 6.07) is 8.79. The summed E-state index contributed by atoms with van der Waals surface area (Å²) in [5.74, 6) is -0.742. The van der Waals surface area contributed by atoms with Crippen LogP contribution >= 0.6 is 0 Å². The van der Waals surface area contributed by atoms with E-state index in [1.807, 2.05) is 6.07 Å². The van der Waals surface area contributed by atoms with Crippen molar-refractivity contribution in [3.63, 3.8) is 0 Å². The summed E-state index contributed by atoms with van der Waals surface area (Å²) >= 11 is 0. The summed E-state index contributed by atoms with van der Waals surface area (Å²) in [6.45, 7) is 2.98. The van der Waals surface area contributed by atoms with Crippen molar-refractivity contribution in [2.45, 2.75) is 32.4 Å². The van der Waals surface area contributed by atoms with Gasteiger partial charge in [-0.1, -0.05) is 18.2 Å². The van der Waals surface area contributed by atoms with Crippen LogP contribution in [0.3, 0.4) is 0 Å². The predicted octanol–water partition coefficient (Wildman–Crippen LogP) is 2.54. The number of benzene rings is 1. The average molecular weight is 272 g/mol. The van der Waals surface area contributed by atoms with Crippen LogP contribution in [-0.4, -0.2) is 33.1 Å². The first-order valence-electron chi connectivity index (χ1n) is 7.06. The molecule has 0 aliphatic heterocycles. The summed E-state index contributed by atoms with van der Waals surface area (Å²) in [7, 11) is 2.07. The van der Waals surface area contributed by atoms with Crippen molar-refractivity contribution < 1.29 is 9.90 Å². The first kappa shape index (κ1) is 13.2. The summed E-state index contributed by atoms with van der Waals surface area (Å²) in [5.41, 5.74) is 3.70. The van der Waals surface area contributed by atoms with Gasteiger partial charge in [-0.15, -0.1) is 0 Å². The number of hydrogen-bond donors (Lipinski definition) is 1. The van der Waals surface area contributed by atoms with E-state index in [-0.39, 0.29) is 6.54 Å². The van der Waals surface area contributed by atoms with Crippen molar-refractivity contribution in [2.75, 3.05) is 6.54 Å². The molecule has 106 valence electrons. The van der Waals surface area contributed by atoms with E-state index in [9.17, 15) is 4.79 Å². The smallest absolute Gasteiger partial charge is 0.317 e. The molecule has 0 spiro atoms. The molecule has 0 amide bonds. The Bertz CT molecular complexity index is 617. The summed E-state index contributed by atoms with van der Waals surface area (Å²) in [5, 5.41) is 10.3. The maximum atomic E-state index is 11.0. The minimum Gasteiger partial charge on any atom is -0.480 e. The van der Waals surface area contributed by atoms with Crippen LogP contribution in [0.15, 0.2) is 24.3 Å². The first-order chi connectivity index (χ1) is 9.58. The summed E-state index contributed by atoms with van der Waals surface area (Å²) in [4.78, 5) is 13.1. The molecule has 1 aromatic heterocycles. The number of aryl methyl sites for hydroxylation is 2.